The smallest absolute Gasteiger partial charge is 0.248 e. The molecule has 0 amide bonds. The van der Waals surface area contributed by atoms with Crippen molar-refractivity contribution in [3.05, 3.63) is 18.2 Å². The molecule has 1 saturated carbocycles. The van der Waals surface area contributed by atoms with Gasteiger partial charge in [0.25, 0.3) is 0 Å². The van der Waals surface area contributed by atoms with Gasteiger partial charge in [-0.25, -0.2) is 13.8 Å². The van der Waals surface area contributed by atoms with Crippen molar-refractivity contribution in [1.29, 1.82) is 0 Å². The summed E-state index contributed by atoms with van der Waals surface area (Å²) in [6, 6.07) is 0. The molecule has 3 nitrogen and oxygen atoms in total. The summed E-state index contributed by atoms with van der Waals surface area (Å²) < 4.78 is 28.2. The van der Waals surface area contributed by atoms with Gasteiger partial charge in [0.2, 0.25) is 5.92 Å². The molecule has 0 bridgehead atoms. The minimum Gasteiger partial charge on any atom is -0.392 e. The molecule has 1 N–H and O–H groups in total. The van der Waals surface area contributed by atoms with Gasteiger partial charge in [0, 0.05) is 38.2 Å². The summed E-state index contributed by atoms with van der Waals surface area (Å²) in [7, 11) is 0. The topological polar surface area (TPSA) is 38.0 Å². The highest BCUT2D eigenvalue weighted by molar-refractivity contribution is 4.96. The molecule has 1 atom stereocenters. The number of aliphatic hydroxyl groups excluding tert-OH is 1. The molecule has 0 saturated heterocycles. The first-order chi connectivity index (χ1) is 9.02. The van der Waals surface area contributed by atoms with Crippen molar-refractivity contribution in [3.63, 3.8) is 0 Å². The number of aromatic nitrogens is 2. The highest BCUT2D eigenvalue weighted by atomic mass is 19.3. The summed E-state index contributed by atoms with van der Waals surface area (Å²) in [5.41, 5.74) is 0. The Bertz CT molecular complexity index is 396. The number of imidazole rings is 1. The molecule has 1 aliphatic carbocycles. The van der Waals surface area contributed by atoms with E-state index in [0.717, 1.165) is 18.8 Å². The van der Waals surface area contributed by atoms with Gasteiger partial charge in [0.05, 0.1) is 6.10 Å². The molecule has 0 aliphatic heterocycles. The van der Waals surface area contributed by atoms with E-state index in [1.165, 1.54) is 0 Å². The molecule has 0 aromatic carbocycles. The average Bonchev–Trinajstić information content (AvgIpc) is 2.77. The highest BCUT2D eigenvalue weighted by Crippen LogP contribution is 2.37. The van der Waals surface area contributed by atoms with Crippen LogP contribution >= 0.6 is 0 Å². The molecule has 0 radical (unpaired) electrons. The Labute approximate surface area is 112 Å². The zero-order chi connectivity index (χ0) is 13.9. The molecule has 1 heterocycles. The Kier molecular flexibility index (Phi) is 4.55. The fraction of sp³-hybridized carbons (Fsp3) is 0.786. The Balaban J connectivity index is 1.90. The van der Waals surface area contributed by atoms with Crippen molar-refractivity contribution in [2.75, 3.05) is 0 Å². The molecule has 1 aliphatic rings. The largest absolute Gasteiger partial charge is 0.392 e. The maximum absolute atomic E-state index is 13.1. The van der Waals surface area contributed by atoms with Crippen LogP contribution in [0, 0.1) is 5.92 Å². The maximum Gasteiger partial charge on any atom is 0.248 e. The highest BCUT2D eigenvalue weighted by Gasteiger charge is 2.37. The Morgan fingerprint density at radius 1 is 1.47 bits per heavy atom. The van der Waals surface area contributed by atoms with Crippen LogP contribution in [-0.4, -0.2) is 26.7 Å². The standard InChI is InChI=1S/C14H22F2N2O/c1-2-8-18-9-7-17-13(18)10-12(19)11-3-5-14(15,16)6-4-11/h7,9,11-12,19H,2-6,8,10H2,1H3. The van der Waals surface area contributed by atoms with Gasteiger partial charge in [-0.15, -0.1) is 0 Å². The second-order valence-corrected chi connectivity index (χ2v) is 5.50. The molecular formula is C14H22F2N2O. The van der Waals surface area contributed by atoms with E-state index < -0.39 is 12.0 Å². The van der Waals surface area contributed by atoms with E-state index in [9.17, 15) is 13.9 Å². The molecule has 0 spiro atoms. The Morgan fingerprint density at radius 3 is 2.79 bits per heavy atom. The predicted molar refractivity (Wildman–Crippen MR) is 69.1 cm³/mol. The number of halogens is 2. The van der Waals surface area contributed by atoms with Gasteiger partial charge in [-0.1, -0.05) is 6.92 Å². The van der Waals surface area contributed by atoms with Crippen LogP contribution in [0.4, 0.5) is 8.78 Å². The first kappa shape index (κ1) is 14.4. The van der Waals surface area contributed by atoms with E-state index in [1.807, 2.05) is 10.8 Å². The Hall–Kier alpha value is -0.970. The molecule has 108 valence electrons. The van der Waals surface area contributed by atoms with Crippen molar-refractivity contribution in [1.82, 2.24) is 9.55 Å². The zero-order valence-electron chi connectivity index (χ0n) is 11.4. The van der Waals surface area contributed by atoms with E-state index in [4.69, 9.17) is 0 Å². The van der Waals surface area contributed by atoms with Crippen LogP contribution < -0.4 is 0 Å². The number of nitrogens with zero attached hydrogens (tertiary/aromatic N) is 2. The monoisotopic (exact) mass is 272 g/mol. The summed E-state index contributed by atoms with van der Waals surface area (Å²) >= 11 is 0. The minimum atomic E-state index is -2.53. The molecule has 1 aromatic rings. The third-order valence-corrected chi connectivity index (χ3v) is 3.96. The molecule has 1 fully saturated rings. The lowest BCUT2D eigenvalue weighted by atomic mass is 9.82. The van der Waals surface area contributed by atoms with Crippen LogP contribution in [0.1, 0.15) is 44.9 Å². The van der Waals surface area contributed by atoms with Crippen LogP contribution in [-0.2, 0) is 13.0 Å². The Morgan fingerprint density at radius 2 is 2.16 bits per heavy atom. The van der Waals surface area contributed by atoms with Crippen LogP contribution in [0.2, 0.25) is 0 Å². The van der Waals surface area contributed by atoms with Crippen LogP contribution in [0.3, 0.4) is 0 Å². The van der Waals surface area contributed by atoms with Gasteiger partial charge in [0.1, 0.15) is 5.82 Å². The summed E-state index contributed by atoms with van der Waals surface area (Å²) in [4.78, 5) is 4.25. The average molecular weight is 272 g/mol. The third kappa shape index (κ3) is 3.75. The second kappa shape index (κ2) is 5.99. The van der Waals surface area contributed by atoms with Gasteiger partial charge < -0.3 is 9.67 Å². The van der Waals surface area contributed by atoms with Gasteiger partial charge in [-0.2, -0.15) is 0 Å². The predicted octanol–water partition coefficient (Wildman–Crippen LogP) is 3.02. The van der Waals surface area contributed by atoms with E-state index >= 15 is 0 Å². The summed E-state index contributed by atoms with van der Waals surface area (Å²) in [6.07, 6.45) is 5.15. The first-order valence-corrected chi connectivity index (χ1v) is 7.08. The van der Waals surface area contributed by atoms with Crippen molar-refractivity contribution in [2.24, 2.45) is 5.92 Å². The molecule has 1 unspecified atom stereocenters. The minimum absolute atomic E-state index is 0.0219. The van der Waals surface area contributed by atoms with Crippen LogP contribution in [0.5, 0.6) is 0 Å². The van der Waals surface area contributed by atoms with Crippen molar-refractivity contribution in [3.8, 4) is 0 Å². The summed E-state index contributed by atoms with van der Waals surface area (Å²) in [5, 5.41) is 10.2. The third-order valence-electron chi connectivity index (χ3n) is 3.96. The molecule has 5 heteroatoms. The zero-order valence-corrected chi connectivity index (χ0v) is 11.4. The molecule has 2 rings (SSSR count). The lowest BCUT2D eigenvalue weighted by molar-refractivity contribution is -0.0622. The van der Waals surface area contributed by atoms with E-state index in [2.05, 4.69) is 11.9 Å². The van der Waals surface area contributed by atoms with Crippen molar-refractivity contribution < 1.29 is 13.9 Å². The van der Waals surface area contributed by atoms with E-state index in [1.54, 1.807) is 6.20 Å². The summed E-state index contributed by atoms with van der Waals surface area (Å²) in [6.45, 7) is 2.97. The number of hydrogen-bond acceptors (Lipinski definition) is 2. The molecule has 1 aromatic heterocycles. The lowest BCUT2D eigenvalue weighted by Gasteiger charge is -2.31. The van der Waals surface area contributed by atoms with Crippen molar-refractivity contribution in [2.45, 2.75) is 64.0 Å². The van der Waals surface area contributed by atoms with Gasteiger partial charge in [-0.3, -0.25) is 0 Å². The molecule has 19 heavy (non-hydrogen) atoms. The van der Waals surface area contributed by atoms with Crippen LogP contribution in [0.25, 0.3) is 0 Å². The number of aryl methyl sites for hydroxylation is 1. The van der Waals surface area contributed by atoms with E-state index in [0.29, 0.717) is 19.3 Å². The van der Waals surface area contributed by atoms with Gasteiger partial charge in [-0.05, 0) is 25.2 Å². The van der Waals surface area contributed by atoms with Gasteiger partial charge in [0.15, 0.2) is 0 Å². The molecular weight excluding hydrogens is 250 g/mol. The number of rotatable bonds is 5. The van der Waals surface area contributed by atoms with Crippen LogP contribution in [0.15, 0.2) is 12.4 Å². The fourth-order valence-corrected chi connectivity index (χ4v) is 2.78. The van der Waals surface area contributed by atoms with Gasteiger partial charge >= 0.3 is 0 Å². The van der Waals surface area contributed by atoms with Crippen molar-refractivity contribution >= 4 is 0 Å². The first-order valence-electron chi connectivity index (χ1n) is 7.08. The lowest BCUT2D eigenvalue weighted by Crippen LogP contribution is -2.32. The normalized spacial score (nSPS) is 21.5. The second-order valence-electron chi connectivity index (χ2n) is 5.50. The fourth-order valence-electron chi connectivity index (χ4n) is 2.78. The number of hydrogen-bond donors (Lipinski definition) is 1. The maximum atomic E-state index is 13.1. The SMILES string of the molecule is CCCn1ccnc1CC(O)C1CCC(F)(F)CC1. The number of aliphatic hydroxyl groups is 1. The van der Waals surface area contributed by atoms with E-state index in [-0.39, 0.29) is 18.8 Å². The summed E-state index contributed by atoms with van der Waals surface area (Å²) in [5.74, 6) is -1.70. The quantitative estimate of drug-likeness (QED) is 0.894. The number of alkyl halides is 2.